The van der Waals surface area contributed by atoms with Crippen LogP contribution < -0.4 is 14.9 Å². The molecule has 136 valence electrons. The van der Waals surface area contributed by atoms with Gasteiger partial charge >= 0.3 is 0 Å². The number of benzene rings is 2. The van der Waals surface area contributed by atoms with E-state index in [0.29, 0.717) is 14.3 Å². The van der Waals surface area contributed by atoms with Gasteiger partial charge in [-0.05, 0) is 48.5 Å². The fourth-order valence-electron chi connectivity index (χ4n) is 3.26. The molecule has 0 aliphatic rings. The van der Waals surface area contributed by atoms with Crippen LogP contribution in [0.25, 0.3) is 0 Å². The largest absolute Gasteiger partial charge is 0.508 e. The van der Waals surface area contributed by atoms with Crippen molar-refractivity contribution < 1.29 is 9.84 Å². The summed E-state index contributed by atoms with van der Waals surface area (Å²) >= 11 is 0. The van der Waals surface area contributed by atoms with E-state index in [1.54, 1.807) is 13.2 Å². The van der Waals surface area contributed by atoms with E-state index in [4.69, 9.17) is 4.74 Å². The first-order valence-electron chi connectivity index (χ1n) is 8.74. The number of hydrogen-bond acceptors (Lipinski definition) is 3. The lowest BCUT2D eigenvalue weighted by Crippen LogP contribution is -2.23. The molecule has 2 atom stereocenters. The zero-order valence-corrected chi connectivity index (χ0v) is 17.2. The summed E-state index contributed by atoms with van der Waals surface area (Å²) < 4.78 is 5.39. The highest BCUT2D eigenvalue weighted by Crippen LogP contribution is 2.49. The molecule has 0 amide bonds. The lowest BCUT2D eigenvalue weighted by Gasteiger charge is -2.33. The first kappa shape index (κ1) is 19.6. The van der Waals surface area contributed by atoms with Crippen LogP contribution in [-0.2, 0) is 5.16 Å². The molecule has 0 aromatic heterocycles. The molecule has 2 aromatic carbocycles. The molecule has 1 N–H and O–H groups in total. The van der Waals surface area contributed by atoms with Gasteiger partial charge in [0.05, 0.1) is 7.11 Å². The van der Waals surface area contributed by atoms with Crippen LogP contribution in [-0.4, -0.2) is 26.3 Å². The summed E-state index contributed by atoms with van der Waals surface area (Å²) in [7, 11) is 6.40. The van der Waals surface area contributed by atoms with Gasteiger partial charge in [-0.25, -0.2) is 0 Å². The number of ether oxygens (including phenoxy) is 1. The fourth-order valence-corrected chi connectivity index (χ4v) is 5.16. The second-order valence-corrected chi connectivity index (χ2v) is 8.90. The summed E-state index contributed by atoms with van der Waals surface area (Å²) in [6.45, 7) is 6.57. The van der Waals surface area contributed by atoms with Crippen LogP contribution in [0.5, 0.6) is 11.5 Å². The van der Waals surface area contributed by atoms with Crippen LogP contribution in [0.4, 0.5) is 5.69 Å². The van der Waals surface area contributed by atoms with Crippen molar-refractivity contribution in [2.45, 2.75) is 38.8 Å². The van der Waals surface area contributed by atoms with Gasteiger partial charge < -0.3 is 14.7 Å². The third kappa shape index (κ3) is 4.46. The number of methoxy groups -OCH3 is 1. The van der Waals surface area contributed by atoms with Gasteiger partial charge in [0.2, 0.25) is 0 Å². The van der Waals surface area contributed by atoms with Gasteiger partial charge in [-0.3, -0.25) is 0 Å². The second kappa shape index (κ2) is 8.10. The maximum Gasteiger partial charge on any atom is 0.119 e. The Balaban J connectivity index is 2.51. The smallest absolute Gasteiger partial charge is 0.119 e. The Morgan fingerprint density at radius 1 is 1.16 bits per heavy atom. The van der Waals surface area contributed by atoms with Gasteiger partial charge in [0.15, 0.2) is 0 Å². The maximum atomic E-state index is 10.5. The number of aromatic hydroxyl groups is 1. The molecular formula is C21H30NO2P. The number of hydrogen-bond donors (Lipinski definition) is 1. The summed E-state index contributed by atoms with van der Waals surface area (Å²) in [5.41, 5.74) is 3.49. The summed E-state index contributed by atoms with van der Waals surface area (Å²) in [6, 6.07) is 12.2. The van der Waals surface area contributed by atoms with Crippen molar-refractivity contribution in [3.63, 3.8) is 0 Å². The minimum Gasteiger partial charge on any atom is -0.508 e. The van der Waals surface area contributed by atoms with Crippen molar-refractivity contribution in [3.8, 4) is 11.5 Å². The minimum atomic E-state index is -0.132. The zero-order chi connectivity index (χ0) is 18.6. The topological polar surface area (TPSA) is 32.7 Å². The Hall–Kier alpha value is -1.73. The van der Waals surface area contributed by atoms with E-state index in [0.717, 1.165) is 24.2 Å². The molecule has 25 heavy (non-hydrogen) atoms. The molecule has 0 saturated heterocycles. The minimum absolute atomic E-state index is 0.132. The quantitative estimate of drug-likeness (QED) is 0.721. The molecule has 0 fully saturated rings. The highest BCUT2D eigenvalue weighted by atomic mass is 31.1. The predicted molar refractivity (Wildman–Crippen MR) is 110 cm³/mol. The van der Waals surface area contributed by atoms with Crippen molar-refractivity contribution in [2.24, 2.45) is 0 Å². The standard InChI is InChI=1S/C21H30NO2P/c1-7-12-21(3,17-14-16(24-6)9-10-19(17)23)25-20-11-8-15(2)13-18(20)22(4)5/h8-11,13-14,23,25H,7,12H2,1-6H3. The van der Waals surface area contributed by atoms with E-state index in [1.165, 1.54) is 16.6 Å². The summed E-state index contributed by atoms with van der Waals surface area (Å²) in [5, 5.41) is 11.7. The van der Waals surface area contributed by atoms with Gasteiger partial charge in [0.1, 0.15) is 11.5 Å². The first-order chi connectivity index (χ1) is 11.8. The van der Waals surface area contributed by atoms with E-state index in [1.807, 2.05) is 12.1 Å². The molecule has 0 aliphatic carbocycles. The average molecular weight is 359 g/mol. The third-order valence-corrected chi connectivity index (χ3v) is 6.36. The van der Waals surface area contributed by atoms with Crippen molar-refractivity contribution in [2.75, 3.05) is 26.1 Å². The normalized spacial score (nSPS) is 13.8. The van der Waals surface area contributed by atoms with Crippen molar-refractivity contribution >= 4 is 19.6 Å². The Bertz CT molecular complexity index is 730. The lowest BCUT2D eigenvalue weighted by molar-refractivity contribution is 0.407. The van der Waals surface area contributed by atoms with E-state index >= 15 is 0 Å². The number of anilines is 1. The molecule has 2 rings (SSSR count). The molecule has 4 heteroatoms. The van der Waals surface area contributed by atoms with Gasteiger partial charge in [-0.1, -0.05) is 41.0 Å². The number of nitrogens with zero attached hydrogens (tertiary/aromatic N) is 1. The molecule has 0 radical (unpaired) electrons. The number of phenolic OH excluding ortho intramolecular Hbond substituents is 1. The van der Waals surface area contributed by atoms with Gasteiger partial charge in [-0.2, -0.15) is 0 Å². The van der Waals surface area contributed by atoms with Crippen molar-refractivity contribution in [1.82, 2.24) is 0 Å². The van der Waals surface area contributed by atoms with Gasteiger partial charge in [0, 0.05) is 30.5 Å². The lowest BCUT2D eigenvalue weighted by atomic mass is 9.94. The summed E-state index contributed by atoms with van der Waals surface area (Å²) in [4.78, 5) is 2.17. The van der Waals surface area contributed by atoms with Gasteiger partial charge in [-0.15, -0.1) is 0 Å². The van der Waals surface area contributed by atoms with Crippen molar-refractivity contribution in [3.05, 3.63) is 47.5 Å². The van der Waals surface area contributed by atoms with E-state index in [-0.39, 0.29) is 5.16 Å². The highest BCUT2D eigenvalue weighted by molar-refractivity contribution is 7.49. The van der Waals surface area contributed by atoms with Gasteiger partial charge in [0.25, 0.3) is 0 Å². The molecule has 0 spiro atoms. The van der Waals surface area contributed by atoms with E-state index < -0.39 is 0 Å². The Morgan fingerprint density at radius 2 is 1.88 bits per heavy atom. The molecule has 2 unspecified atom stereocenters. The highest BCUT2D eigenvalue weighted by Gasteiger charge is 2.30. The second-order valence-electron chi connectivity index (χ2n) is 7.01. The fraction of sp³-hybridized carbons (Fsp3) is 0.429. The zero-order valence-electron chi connectivity index (χ0n) is 16.2. The van der Waals surface area contributed by atoms with E-state index in [2.05, 4.69) is 58.0 Å². The van der Waals surface area contributed by atoms with Crippen LogP contribution in [0, 0.1) is 6.92 Å². The molecule has 3 nitrogen and oxygen atoms in total. The Kier molecular flexibility index (Phi) is 6.35. The average Bonchev–Trinajstić information content (AvgIpc) is 2.57. The first-order valence-corrected chi connectivity index (χ1v) is 9.74. The Labute approximate surface area is 153 Å². The number of aryl methyl sites for hydroxylation is 1. The maximum absolute atomic E-state index is 10.5. The van der Waals surface area contributed by atoms with Crippen molar-refractivity contribution in [1.29, 1.82) is 0 Å². The number of phenols is 1. The van der Waals surface area contributed by atoms with Crippen LogP contribution in [0.15, 0.2) is 36.4 Å². The van der Waals surface area contributed by atoms with Crippen LogP contribution >= 0.6 is 8.58 Å². The predicted octanol–water partition coefficient (Wildman–Crippen LogP) is 4.79. The van der Waals surface area contributed by atoms with E-state index in [9.17, 15) is 5.11 Å². The molecule has 0 bridgehead atoms. The molecule has 0 heterocycles. The van der Waals surface area contributed by atoms with Crippen LogP contribution in [0.3, 0.4) is 0 Å². The number of rotatable bonds is 7. The molecular weight excluding hydrogens is 329 g/mol. The summed E-state index contributed by atoms with van der Waals surface area (Å²) in [5.74, 6) is 1.14. The van der Waals surface area contributed by atoms with Crippen LogP contribution in [0.2, 0.25) is 0 Å². The molecule has 0 saturated carbocycles. The Morgan fingerprint density at radius 3 is 2.48 bits per heavy atom. The monoisotopic (exact) mass is 359 g/mol. The SMILES string of the molecule is CCCC(C)(Pc1ccc(C)cc1N(C)C)c1cc(OC)ccc1O. The summed E-state index contributed by atoms with van der Waals surface area (Å²) in [6.07, 6.45) is 2.07. The molecule has 2 aromatic rings. The van der Waals surface area contributed by atoms with Crippen LogP contribution in [0.1, 0.15) is 37.8 Å². The third-order valence-electron chi connectivity index (χ3n) is 4.59. The molecule has 0 aliphatic heterocycles.